The third kappa shape index (κ3) is 6.47. The lowest BCUT2D eigenvalue weighted by molar-refractivity contribution is -0.0498. The molecule has 0 N–H and O–H groups in total. The maximum Gasteiger partial charge on any atom is 0.387 e. The molecule has 6 nitrogen and oxygen atoms in total. The Bertz CT molecular complexity index is 1150. The molecule has 1 heterocycles. The van der Waals surface area contributed by atoms with Gasteiger partial charge in [0.25, 0.3) is 0 Å². The van der Waals surface area contributed by atoms with E-state index in [0.29, 0.717) is 34.9 Å². The Morgan fingerprint density at radius 3 is 2.20 bits per heavy atom. The van der Waals surface area contributed by atoms with Crippen LogP contribution in [0.25, 0.3) is 5.69 Å². The molecule has 0 saturated carbocycles. The summed E-state index contributed by atoms with van der Waals surface area (Å²) >= 11 is 0. The number of hydrogen-bond acceptors (Lipinski definition) is 5. The van der Waals surface area contributed by atoms with E-state index in [0.717, 1.165) is 18.5 Å². The summed E-state index contributed by atoms with van der Waals surface area (Å²) in [5, 5.41) is 0. The van der Waals surface area contributed by atoms with Gasteiger partial charge in [-0.1, -0.05) is 13.3 Å². The molecule has 0 fully saturated rings. The maximum atomic E-state index is 13.1. The fourth-order valence-electron chi connectivity index (χ4n) is 3.71. The molecule has 0 amide bonds. The fraction of sp³-hybridized carbons (Fsp3) is 0.333. The summed E-state index contributed by atoms with van der Waals surface area (Å²) < 4.78 is 42.1. The molecule has 0 saturated heterocycles. The lowest BCUT2D eigenvalue weighted by atomic mass is 10.1. The third-order valence-electron chi connectivity index (χ3n) is 5.53. The van der Waals surface area contributed by atoms with E-state index in [-0.39, 0.29) is 11.5 Å². The van der Waals surface area contributed by atoms with Gasteiger partial charge >= 0.3 is 12.6 Å². The van der Waals surface area contributed by atoms with E-state index in [1.807, 2.05) is 11.5 Å². The first-order chi connectivity index (χ1) is 16.7. The van der Waals surface area contributed by atoms with Gasteiger partial charge in [-0.15, -0.1) is 0 Å². The highest BCUT2D eigenvalue weighted by molar-refractivity contribution is 6.02. The van der Waals surface area contributed by atoms with E-state index in [1.165, 1.54) is 19.1 Å². The number of unbranched alkanes of at least 4 members (excludes halogenated alkanes) is 1. The minimum Gasteiger partial charge on any atom is -0.494 e. The monoisotopic (exact) mass is 485 g/mol. The van der Waals surface area contributed by atoms with Crippen molar-refractivity contribution in [1.29, 1.82) is 0 Å². The molecule has 8 heteroatoms. The van der Waals surface area contributed by atoms with Crippen LogP contribution in [0.15, 0.2) is 54.6 Å². The number of carbonyl (C=O) groups is 2. The third-order valence-corrected chi connectivity index (χ3v) is 5.53. The minimum atomic E-state index is -2.90. The average molecular weight is 486 g/mol. The first kappa shape index (κ1) is 25.9. The van der Waals surface area contributed by atoms with Crippen molar-refractivity contribution < 1.29 is 32.6 Å². The van der Waals surface area contributed by atoms with E-state index in [2.05, 4.69) is 11.7 Å². The minimum absolute atomic E-state index is 0.0450. The average Bonchev–Trinajstić information content (AvgIpc) is 3.13. The van der Waals surface area contributed by atoms with Crippen LogP contribution >= 0.6 is 0 Å². The molecular formula is C27H29F2NO5. The fourth-order valence-corrected chi connectivity index (χ4v) is 3.71. The van der Waals surface area contributed by atoms with Gasteiger partial charge < -0.3 is 18.8 Å². The van der Waals surface area contributed by atoms with Crippen molar-refractivity contribution in [3.63, 3.8) is 0 Å². The van der Waals surface area contributed by atoms with Gasteiger partial charge in [0.2, 0.25) is 5.78 Å². The van der Waals surface area contributed by atoms with E-state index in [4.69, 9.17) is 9.47 Å². The second-order valence-electron chi connectivity index (χ2n) is 8.13. The van der Waals surface area contributed by atoms with Crippen molar-refractivity contribution in [2.24, 2.45) is 0 Å². The molecule has 1 aromatic heterocycles. The van der Waals surface area contributed by atoms with Crippen LogP contribution in [0.2, 0.25) is 0 Å². The molecular weight excluding hydrogens is 456 g/mol. The summed E-state index contributed by atoms with van der Waals surface area (Å²) in [5.74, 6) is -0.228. The number of benzene rings is 2. The Morgan fingerprint density at radius 1 is 0.971 bits per heavy atom. The summed E-state index contributed by atoms with van der Waals surface area (Å²) in [6.07, 6.45) is 0.975. The first-order valence-electron chi connectivity index (χ1n) is 11.4. The van der Waals surface area contributed by atoms with Gasteiger partial charge in [-0.3, -0.25) is 4.79 Å². The van der Waals surface area contributed by atoms with Crippen LogP contribution in [0.3, 0.4) is 0 Å². The summed E-state index contributed by atoms with van der Waals surface area (Å²) in [4.78, 5) is 25.7. The number of ketones is 1. The topological polar surface area (TPSA) is 66.8 Å². The second-order valence-corrected chi connectivity index (χ2v) is 8.13. The number of nitrogens with zero attached hydrogens (tertiary/aromatic N) is 1. The van der Waals surface area contributed by atoms with Gasteiger partial charge in [-0.25, -0.2) is 4.79 Å². The molecule has 35 heavy (non-hydrogen) atoms. The van der Waals surface area contributed by atoms with Crippen LogP contribution in [-0.4, -0.2) is 35.6 Å². The van der Waals surface area contributed by atoms with Gasteiger partial charge in [-0.2, -0.15) is 8.78 Å². The Kier molecular flexibility index (Phi) is 8.63. The molecule has 186 valence electrons. The number of carbonyl (C=O) groups excluding carboxylic acids is 2. The van der Waals surface area contributed by atoms with Gasteiger partial charge in [0, 0.05) is 22.6 Å². The highest BCUT2D eigenvalue weighted by atomic mass is 19.3. The highest BCUT2D eigenvalue weighted by Gasteiger charge is 2.25. The molecule has 0 radical (unpaired) electrons. The standard InChI is InChI=1S/C27H29F2NO5/c1-5-6-15-33-22-11-7-20(8-12-22)26(32)34-19(4)25(31)24-16-17(2)30(18(24)3)21-9-13-23(14-10-21)35-27(28)29/h7-14,16,19,27H,5-6,15H2,1-4H3. The van der Waals surface area contributed by atoms with E-state index >= 15 is 0 Å². The molecule has 0 spiro atoms. The van der Waals surface area contributed by atoms with Gasteiger partial charge in [0.05, 0.1) is 12.2 Å². The van der Waals surface area contributed by atoms with Crippen molar-refractivity contribution in [2.75, 3.05) is 6.61 Å². The number of aryl methyl sites for hydroxylation is 1. The van der Waals surface area contributed by atoms with Crippen LogP contribution in [0.1, 0.15) is 58.8 Å². The highest BCUT2D eigenvalue weighted by Crippen LogP contribution is 2.25. The number of ether oxygens (including phenoxy) is 3. The normalized spacial score (nSPS) is 11.9. The van der Waals surface area contributed by atoms with Gasteiger partial charge in [-0.05, 0) is 81.8 Å². The van der Waals surface area contributed by atoms with Crippen LogP contribution < -0.4 is 9.47 Å². The molecule has 3 rings (SSSR count). The molecule has 0 aliphatic heterocycles. The number of esters is 1. The van der Waals surface area contributed by atoms with Crippen LogP contribution in [0.4, 0.5) is 8.78 Å². The van der Waals surface area contributed by atoms with E-state index in [1.54, 1.807) is 49.4 Å². The SMILES string of the molecule is CCCCOc1ccc(C(=O)OC(C)C(=O)c2cc(C)n(-c3ccc(OC(F)F)cc3)c2C)cc1. The summed E-state index contributed by atoms with van der Waals surface area (Å²) in [6.45, 7) is 4.92. The van der Waals surface area contributed by atoms with Crippen molar-refractivity contribution in [2.45, 2.75) is 53.3 Å². The zero-order valence-corrected chi connectivity index (χ0v) is 20.2. The summed E-state index contributed by atoms with van der Waals surface area (Å²) in [7, 11) is 0. The predicted molar refractivity (Wildman–Crippen MR) is 128 cm³/mol. The number of rotatable bonds is 11. The Balaban J connectivity index is 1.69. The lowest BCUT2D eigenvalue weighted by Crippen LogP contribution is -2.25. The maximum absolute atomic E-state index is 13.1. The summed E-state index contributed by atoms with van der Waals surface area (Å²) in [6, 6.07) is 14.5. The zero-order chi connectivity index (χ0) is 25.5. The number of alkyl halides is 2. The van der Waals surface area contributed by atoms with Gasteiger partial charge in [0.15, 0.2) is 6.10 Å². The smallest absolute Gasteiger partial charge is 0.387 e. The van der Waals surface area contributed by atoms with Crippen molar-refractivity contribution in [1.82, 2.24) is 4.57 Å². The largest absolute Gasteiger partial charge is 0.494 e. The molecule has 2 aromatic carbocycles. The van der Waals surface area contributed by atoms with Crippen LogP contribution in [-0.2, 0) is 4.74 Å². The van der Waals surface area contributed by atoms with E-state index in [9.17, 15) is 18.4 Å². The summed E-state index contributed by atoms with van der Waals surface area (Å²) in [5.41, 5.74) is 2.84. The van der Waals surface area contributed by atoms with Gasteiger partial charge in [0.1, 0.15) is 11.5 Å². The Hall–Kier alpha value is -3.68. The predicted octanol–water partition coefficient (Wildman–Crippen LogP) is 6.30. The molecule has 0 bridgehead atoms. The van der Waals surface area contributed by atoms with E-state index < -0.39 is 18.7 Å². The zero-order valence-electron chi connectivity index (χ0n) is 20.2. The molecule has 0 aliphatic rings. The van der Waals surface area contributed by atoms with Crippen LogP contribution in [0.5, 0.6) is 11.5 Å². The van der Waals surface area contributed by atoms with Crippen molar-refractivity contribution >= 4 is 11.8 Å². The van der Waals surface area contributed by atoms with Crippen molar-refractivity contribution in [3.05, 3.63) is 77.1 Å². The Morgan fingerprint density at radius 2 is 1.60 bits per heavy atom. The first-order valence-corrected chi connectivity index (χ1v) is 11.4. The Labute approximate surface area is 203 Å². The number of halogens is 2. The molecule has 3 aromatic rings. The quantitative estimate of drug-likeness (QED) is 0.181. The molecule has 1 unspecified atom stereocenters. The molecule has 1 atom stereocenters. The number of hydrogen-bond donors (Lipinski definition) is 0. The lowest BCUT2D eigenvalue weighted by Gasteiger charge is -2.14. The second kappa shape index (κ2) is 11.6. The number of aromatic nitrogens is 1. The number of Topliss-reactive ketones (excluding diaryl/α,β-unsaturated/α-hetero) is 1. The molecule has 0 aliphatic carbocycles. The van der Waals surface area contributed by atoms with Crippen molar-refractivity contribution in [3.8, 4) is 17.2 Å². The van der Waals surface area contributed by atoms with Crippen LogP contribution in [0, 0.1) is 13.8 Å².